The average Bonchev–Trinajstić information content (AvgIpc) is 2.75. The van der Waals surface area contributed by atoms with Crippen LogP contribution in [0.3, 0.4) is 0 Å². The molecule has 0 amide bonds. The molecule has 5 heteroatoms. The van der Waals surface area contributed by atoms with E-state index < -0.39 is 6.29 Å². The summed E-state index contributed by atoms with van der Waals surface area (Å²) in [6.07, 6.45) is 4.38. The number of oxazole rings is 1. The van der Waals surface area contributed by atoms with Gasteiger partial charge in [-0.2, -0.15) is 0 Å². The summed E-state index contributed by atoms with van der Waals surface area (Å²) in [5.41, 5.74) is 1.54. The van der Waals surface area contributed by atoms with Gasteiger partial charge in [0.25, 0.3) is 0 Å². The van der Waals surface area contributed by atoms with Gasteiger partial charge in [-0.05, 0) is 19.1 Å². The molecule has 1 aliphatic heterocycles. The zero-order chi connectivity index (χ0) is 11.0. The minimum Gasteiger partial charge on any atom is -0.444 e. The number of nitrogens with zero attached hydrogens (tertiary/aromatic N) is 2. The molecule has 0 bridgehead atoms. The van der Waals surface area contributed by atoms with E-state index in [1.165, 1.54) is 0 Å². The van der Waals surface area contributed by atoms with E-state index in [1.807, 2.05) is 19.1 Å². The van der Waals surface area contributed by atoms with E-state index in [9.17, 15) is 0 Å². The largest absolute Gasteiger partial charge is 0.444 e. The van der Waals surface area contributed by atoms with Gasteiger partial charge in [-0.1, -0.05) is 0 Å². The second kappa shape index (κ2) is 3.70. The smallest absolute Gasteiger partial charge is 0.226 e. The Hall–Kier alpha value is -1.72. The molecule has 3 rings (SSSR count). The molecule has 1 aliphatic rings. The first kappa shape index (κ1) is 9.50. The Morgan fingerprint density at radius 1 is 1.19 bits per heavy atom. The minimum atomic E-state index is -0.394. The predicted molar refractivity (Wildman–Crippen MR) is 54.1 cm³/mol. The third kappa shape index (κ3) is 1.60. The maximum Gasteiger partial charge on any atom is 0.226 e. The Balaban J connectivity index is 1.83. The highest BCUT2D eigenvalue weighted by atomic mass is 16.9. The quantitative estimate of drug-likeness (QED) is 0.772. The first-order valence-corrected chi connectivity index (χ1v) is 4.99. The van der Waals surface area contributed by atoms with E-state index in [1.54, 1.807) is 18.7 Å². The number of aromatic nitrogens is 2. The summed E-state index contributed by atoms with van der Waals surface area (Å²) in [6.45, 7) is 1.83. The van der Waals surface area contributed by atoms with Crippen LogP contribution in [0.25, 0.3) is 11.5 Å². The van der Waals surface area contributed by atoms with E-state index >= 15 is 0 Å². The third-order valence-electron chi connectivity index (χ3n) is 2.32. The fraction of sp³-hybridized carbons (Fsp3) is 0.273. The molecular formula is C11H10N2O3. The fourth-order valence-electron chi connectivity index (χ4n) is 1.52. The number of hydrogen-bond donors (Lipinski definition) is 0. The van der Waals surface area contributed by atoms with Gasteiger partial charge in [0, 0.05) is 18.0 Å². The van der Waals surface area contributed by atoms with Crippen molar-refractivity contribution in [3.63, 3.8) is 0 Å². The molecule has 0 saturated carbocycles. The van der Waals surface area contributed by atoms with Crippen molar-refractivity contribution >= 4 is 0 Å². The topological polar surface area (TPSA) is 57.4 Å². The van der Waals surface area contributed by atoms with Gasteiger partial charge in [-0.25, -0.2) is 4.98 Å². The highest BCUT2D eigenvalue weighted by Crippen LogP contribution is 2.32. The van der Waals surface area contributed by atoms with Crippen LogP contribution in [0.5, 0.6) is 0 Å². The highest BCUT2D eigenvalue weighted by molar-refractivity contribution is 5.51. The van der Waals surface area contributed by atoms with Crippen LogP contribution in [0.4, 0.5) is 0 Å². The monoisotopic (exact) mass is 218 g/mol. The third-order valence-corrected chi connectivity index (χ3v) is 2.32. The summed E-state index contributed by atoms with van der Waals surface area (Å²) in [6, 6.07) is 3.67. The van der Waals surface area contributed by atoms with Crippen molar-refractivity contribution < 1.29 is 13.9 Å². The van der Waals surface area contributed by atoms with E-state index in [0.717, 1.165) is 5.56 Å². The second-order valence-electron chi connectivity index (χ2n) is 3.49. The molecule has 0 atom stereocenters. The van der Waals surface area contributed by atoms with Crippen molar-refractivity contribution in [3.8, 4) is 11.5 Å². The molecule has 5 nitrogen and oxygen atoms in total. The normalized spacial score (nSPS) is 24.1. The zero-order valence-corrected chi connectivity index (χ0v) is 8.66. The molecule has 1 saturated heterocycles. The van der Waals surface area contributed by atoms with E-state index in [-0.39, 0.29) is 6.29 Å². The Morgan fingerprint density at radius 3 is 2.62 bits per heavy atom. The molecule has 0 aromatic carbocycles. The highest BCUT2D eigenvalue weighted by Gasteiger charge is 2.31. The van der Waals surface area contributed by atoms with Gasteiger partial charge in [-0.3, -0.25) is 4.98 Å². The van der Waals surface area contributed by atoms with Crippen LogP contribution in [-0.2, 0) is 9.47 Å². The van der Waals surface area contributed by atoms with Gasteiger partial charge >= 0.3 is 0 Å². The molecule has 16 heavy (non-hydrogen) atoms. The first-order chi connectivity index (χ1) is 7.83. The van der Waals surface area contributed by atoms with Crippen LogP contribution in [0, 0.1) is 0 Å². The molecule has 0 N–H and O–H groups in total. The lowest BCUT2D eigenvalue weighted by Gasteiger charge is -2.31. The summed E-state index contributed by atoms with van der Waals surface area (Å²) in [7, 11) is 0. The van der Waals surface area contributed by atoms with Gasteiger partial charge in [0.15, 0.2) is 6.29 Å². The van der Waals surface area contributed by atoms with E-state index in [2.05, 4.69) is 9.97 Å². The van der Waals surface area contributed by atoms with Gasteiger partial charge in [-0.15, -0.1) is 0 Å². The van der Waals surface area contributed by atoms with Crippen molar-refractivity contribution in [1.29, 1.82) is 0 Å². The number of pyridine rings is 1. The van der Waals surface area contributed by atoms with Crippen LogP contribution in [-0.4, -0.2) is 16.3 Å². The van der Waals surface area contributed by atoms with E-state index in [0.29, 0.717) is 11.6 Å². The molecular weight excluding hydrogens is 208 g/mol. The van der Waals surface area contributed by atoms with Gasteiger partial charge in [0.1, 0.15) is 12.0 Å². The number of hydrogen-bond acceptors (Lipinski definition) is 5. The maximum atomic E-state index is 5.34. The standard InChI is InChI=1S/C11H10N2O3/c1-7-15-11(16-7)9-6-14-10(13-9)8-2-4-12-5-3-8/h2-7,11H,1H3. The Bertz CT molecular complexity index is 477. The molecule has 1 fully saturated rings. The maximum absolute atomic E-state index is 5.34. The average molecular weight is 218 g/mol. The van der Waals surface area contributed by atoms with Crippen LogP contribution < -0.4 is 0 Å². The minimum absolute atomic E-state index is 0.161. The lowest BCUT2D eigenvalue weighted by Crippen LogP contribution is -2.31. The Labute approximate surface area is 92.0 Å². The lowest BCUT2D eigenvalue weighted by molar-refractivity contribution is -0.383. The Morgan fingerprint density at radius 2 is 1.94 bits per heavy atom. The van der Waals surface area contributed by atoms with Crippen molar-refractivity contribution in [2.45, 2.75) is 19.5 Å². The first-order valence-electron chi connectivity index (χ1n) is 4.99. The van der Waals surface area contributed by atoms with Gasteiger partial charge < -0.3 is 13.9 Å². The van der Waals surface area contributed by atoms with E-state index in [4.69, 9.17) is 13.9 Å². The summed E-state index contributed by atoms with van der Waals surface area (Å²) >= 11 is 0. The molecule has 82 valence electrons. The van der Waals surface area contributed by atoms with Crippen molar-refractivity contribution in [3.05, 3.63) is 36.5 Å². The Kier molecular flexibility index (Phi) is 2.19. The molecule has 3 heterocycles. The molecule has 0 unspecified atom stereocenters. The second-order valence-corrected chi connectivity index (χ2v) is 3.49. The van der Waals surface area contributed by atoms with Crippen LogP contribution >= 0.6 is 0 Å². The number of rotatable bonds is 2. The van der Waals surface area contributed by atoms with Gasteiger partial charge in [0.05, 0.1) is 0 Å². The van der Waals surface area contributed by atoms with Gasteiger partial charge in [0.2, 0.25) is 12.2 Å². The number of ether oxygens (including phenoxy) is 2. The molecule has 0 radical (unpaired) electrons. The summed E-state index contributed by atoms with van der Waals surface area (Å²) < 4.78 is 16.0. The lowest BCUT2D eigenvalue weighted by atomic mass is 10.3. The predicted octanol–water partition coefficient (Wildman–Crippen LogP) is 2.13. The molecule has 2 aromatic heterocycles. The summed E-state index contributed by atoms with van der Waals surface area (Å²) in [4.78, 5) is 8.22. The SMILES string of the molecule is CC1OC(c2coc(-c3ccncc3)n2)O1. The van der Waals surface area contributed by atoms with Crippen molar-refractivity contribution in [2.75, 3.05) is 0 Å². The van der Waals surface area contributed by atoms with Crippen LogP contribution in [0.2, 0.25) is 0 Å². The van der Waals surface area contributed by atoms with Crippen LogP contribution in [0.1, 0.15) is 18.9 Å². The molecule has 0 aliphatic carbocycles. The molecule has 0 spiro atoms. The zero-order valence-electron chi connectivity index (χ0n) is 8.66. The molecule has 2 aromatic rings. The van der Waals surface area contributed by atoms with Crippen molar-refractivity contribution in [1.82, 2.24) is 9.97 Å². The summed E-state index contributed by atoms with van der Waals surface area (Å²) in [5.74, 6) is 0.546. The van der Waals surface area contributed by atoms with Crippen molar-refractivity contribution in [2.24, 2.45) is 0 Å². The van der Waals surface area contributed by atoms with Crippen LogP contribution in [0.15, 0.2) is 35.2 Å². The fourth-order valence-corrected chi connectivity index (χ4v) is 1.52. The summed E-state index contributed by atoms with van der Waals surface area (Å²) in [5, 5.41) is 0.